The van der Waals surface area contributed by atoms with Gasteiger partial charge < -0.3 is 11.1 Å². The monoisotopic (exact) mass is 359 g/mol. The molecule has 0 saturated carbocycles. The molecule has 0 fully saturated rings. The first-order chi connectivity index (χ1) is 8.99. The van der Waals surface area contributed by atoms with Crippen molar-refractivity contribution in [2.75, 3.05) is 11.1 Å². The van der Waals surface area contributed by atoms with Crippen LogP contribution in [0.3, 0.4) is 0 Å². The molecule has 0 aliphatic rings. The molecule has 1 aromatic carbocycles. The Morgan fingerprint density at radius 3 is 2.84 bits per heavy atom. The Morgan fingerprint density at radius 1 is 1.37 bits per heavy atom. The van der Waals surface area contributed by atoms with Crippen molar-refractivity contribution in [1.29, 1.82) is 0 Å². The zero-order chi connectivity index (χ0) is 14.0. The largest absolute Gasteiger partial charge is 0.397 e. The lowest BCUT2D eigenvalue weighted by Crippen LogP contribution is -2.14. The third-order valence-corrected chi connectivity index (χ3v) is 3.95. The maximum atomic E-state index is 12.1. The number of pyridine rings is 1. The molecule has 0 radical (unpaired) electrons. The molecule has 0 aliphatic carbocycles. The molecule has 2 rings (SSSR count). The molecule has 0 bridgehead atoms. The number of benzene rings is 1. The molecule has 0 unspecified atom stereocenters. The number of anilines is 2. The van der Waals surface area contributed by atoms with Gasteiger partial charge in [-0.25, -0.2) is 4.98 Å². The van der Waals surface area contributed by atoms with Crippen molar-refractivity contribution in [3.8, 4) is 0 Å². The van der Waals surface area contributed by atoms with Crippen LogP contribution in [0.15, 0.2) is 34.9 Å². The lowest BCUT2D eigenvalue weighted by atomic mass is 10.2. The predicted molar refractivity (Wildman–Crippen MR) is 80.8 cm³/mol. The number of nitrogen functional groups attached to an aromatic ring is 1. The van der Waals surface area contributed by atoms with Gasteiger partial charge in [0.25, 0.3) is 5.91 Å². The first kappa shape index (κ1) is 14.1. The molecule has 0 atom stereocenters. The molecule has 1 aromatic heterocycles. The van der Waals surface area contributed by atoms with E-state index in [1.165, 1.54) is 12.3 Å². The Morgan fingerprint density at radius 2 is 2.11 bits per heavy atom. The van der Waals surface area contributed by atoms with Gasteiger partial charge in [-0.1, -0.05) is 29.3 Å². The lowest BCUT2D eigenvalue weighted by molar-refractivity contribution is 0.102. The standard InChI is InChI=1S/C12H8BrCl2N3O/c13-11-7(14)2-1-3-9(11)18-12(19)6-4-10(15)17-5-8(6)16/h1-5H,16H2,(H,18,19). The highest BCUT2D eigenvalue weighted by atomic mass is 79.9. The van der Waals surface area contributed by atoms with E-state index >= 15 is 0 Å². The summed E-state index contributed by atoms with van der Waals surface area (Å²) in [5.74, 6) is -0.384. The summed E-state index contributed by atoms with van der Waals surface area (Å²) in [6.45, 7) is 0. The maximum absolute atomic E-state index is 12.1. The first-order valence-electron chi connectivity index (χ1n) is 5.15. The fourth-order valence-corrected chi connectivity index (χ4v) is 2.12. The number of rotatable bonds is 2. The van der Waals surface area contributed by atoms with Crippen LogP contribution >= 0.6 is 39.1 Å². The van der Waals surface area contributed by atoms with Crippen molar-refractivity contribution in [3.63, 3.8) is 0 Å². The van der Waals surface area contributed by atoms with Gasteiger partial charge in [-0.15, -0.1) is 0 Å². The Kier molecular flexibility index (Phi) is 4.29. The minimum absolute atomic E-state index is 0.199. The van der Waals surface area contributed by atoms with E-state index in [-0.39, 0.29) is 22.3 Å². The third kappa shape index (κ3) is 3.18. The Bertz CT molecular complexity index is 649. The van der Waals surface area contributed by atoms with Gasteiger partial charge in [0, 0.05) is 0 Å². The van der Waals surface area contributed by atoms with Crippen LogP contribution < -0.4 is 11.1 Å². The summed E-state index contributed by atoms with van der Waals surface area (Å²) in [5, 5.41) is 3.40. The molecule has 4 nitrogen and oxygen atoms in total. The highest BCUT2D eigenvalue weighted by Gasteiger charge is 2.13. The number of nitrogens with zero attached hydrogens (tertiary/aromatic N) is 1. The van der Waals surface area contributed by atoms with E-state index in [1.54, 1.807) is 18.2 Å². The van der Waals surface area contributed by atoms with Gasteiger partial charge in [-0.05, 0) is 34.1 Å². The molecule has 1 amide bonds. The average molecular weight is 361 g/mol. The molecule has 7 heteroatoms. The molecule has 98 valence electrons. The van der Waals surface area contributed by atoms with E-state index in [0.29, 0.717) is 15.2 Å². The number of carbonyl (C=O) groups excluding carboxylic acids is 1. The van der Waals surface area contributed by atoms with E-state index in [1.807, 2.05) is 0 Å². The van der Waals surface area contributed by atoms with Crippen LogP contribution in [-0.2, 0) is 0 Å². The first-order valence-corrected chi connectivity index (χ1v) is 6.70. The molecule has 0 saturated heterocycles. The summed E-state index contributed by atoms with van der Waals surface area (Å²) < 4.78 is 0.601. The highest BCUT2D eigenvalue weighted by Crippen LogP contribution is 2.30. The summed E-state index contributed by atoms with van der Waals surface area (Å²) >= 11 is 15.0. The minimum Gasteiger partial charge on any atom is -0.397 e. The van der Waals surface area contributed by atoms with Crippen molar-refractivity contribution >= 4 is 56.4 Å². The van der Waals surface area contributed by atoms with E-state index < -0.39 is 0 Å². The Labute approximate surface area is 128 Å². The van der Waals surface area contributed by atoms with E-state index in [2.05, 4.69) is 26.2 Å². The molecule has 3 N–H and O–H groups in total. The summed E-state index contributed by atoms with van der Waals surface area (Å²) in [6.07, 6.45) is 1.34. The Balaban J connectivity index is 2.31. The number of halogens is 3. The molecular formula is C12H8BrCl2N3O. The van der Waals surface area contributed by atoms with E-state index in [0.717, 1.165) is 0 Å². The van der Waals surface area contributed by atoms with Gasteiger partial charge >= 0.3 is 0 Å². The third-order valence-electron chi connectivity index (χ3n) is 2.35. The zero-order valence-electron chi connectivity index (χ0n) is 9.45. The van der Waals surface area contributed by atoms with Gasteiger partial charge in [0.1, 0.15) is 5.15 Å². The summed E-state index contributed by atoms with van der Waals surface area (Å²) in [5.41, 5.74) is 6.74. The topological polar surface area (TPSA) is 68.0 Å². The van der Waals surface area contributed by atoms with Crippen LogP contribution in [0.4, 0.5) is 11.4 Å². The fourth-order valence-electron chi connectivity index (χ4n) is 1.43. The highest BCUT2D eigenvalue weighted by molar-refractivity contribution is 9.10. The van der Waals surface area contributed by atoms with Gasteiger partial charge in [0.15, 0.2) is 0 Å². The SMILES string of the molecule is Nc1cnc(Cl)cc1C(=O)Nc1cccc(Cl)c1Br. The van der Waals surface area contributed by atoms with Gasteiger partial charge in [-0.3, -0.25) is 4.79 Å². The van der Waals surface area contributed by atoms with Crippen molar-refractivity contribution in [2.45, 2.75) is 0 Å². The number of nitrogens with two attached hydrogens (primary N) is 1. The summed E-state index contributed by atoms with van der Waals surface area (Å²) in [4.78, 5) is 15.9. The zero-order valence-corrected chi connectivity index (χ0v) is 12.6. The second-order valence-electron chi connectivity index (χ2n) is 3.65. The fraction of sp³-hybridized carbons (Fsp3) is 0. The number of hydrogen-bond donors (Lipinski definition) is 2. The number of carbonyl (C=O) groups is 1. The number of aromatic nitrogens is 1. The van der Waals surface area contributed by atoms with Crippen LogP contribution in [0.25, 0.3) is 0 Å². The van der Waals surface area contributed by atoms with Crippen LogP contribution in [-0.4, -0.2) is 10.9 Å². The smallest absolute Gasteiger partial charge is 0.257 e. The minimum atomic E-state index is -0.384. The lowest BCUT2D eigenvalue weighted by Gasteiger charge is -2.09. The summed E-state index contributed by atoms with van der Waals surface area (Å²) in [7, 11) is 0. The second kappa shape index (κ2) is 5.77. The molecular weight excluding hydrogens is 353 g/mol. The normalized spacial score (nSPS) is 10.3. The number of hydrogen-bond acceptors (Lipinski definition) is 3. The van der Waals surface area contributed by atoms with E-state index in [4.69, 9.17) is 28.9 Å². The van der Waals surface area contributed by atoms with Gasteiger partial charge in [0.05, 0.1) is 32.6 Å². The van der Waals surface area contributed by atoms with Gasteiger partial charge in [-0.2, -0.15) is 0 Å². The Hall–Kier alpha value is -1.30. The quantitative estimate of drug-likeness (QED) is 0.795. The second-order valence-corrected chi connectivity index (χ2v) is 5.24. The van der Waals surface area contributed by atoms with E-state index in [9.17, 15) is 4.79 Å². The molecule has 0 aliphatic heterocycles. The van der Waals surface area contributed by atoms with Gasteiger partial charge in [0.2, 0.25) is 0 Å². The van der Waals surface area contributed by atoms with Crippen molar-refractivity contribution < 1.29 is 4.79 Å². The molecule has 0 spiro atoms. The number of nitrogens with one attached hydrogen (secondary N) is 1. The van der Waals surface area contributed by atoms with Crippen LogP contribution in [0.1, 0.15) is 10.4 Å². The summed E-state index contributed by atoms with van der Waals surface area (Å²) in [6, 6.07) is 6.56. The van der Waals surface area contributed by atoms with Crippen LogP contribution in [0.5, 0.6) is 0 Å². The molecule has 2 aromatic rings. The van der Waals surface area contributed by atoms with Crippen LogP contribution in [0.2, 0.25) is 10.2 Å². The maximum Gasteiger partial charge on any atom is 0.257 e. The number of amides is 1. The molecule has 1 heterocycles. The van der Waals surface area contributed by atoms with Crippen molar-refractivity contribution in [2.24, 2.45) is 0 Å². The van der Waals surface area contributed by atoms with Crippen LogP contribution in [0, 0.1) is 0 Å². The van der Waals surface area contributed by atoms with Crippen molar-refractivity contribution in [1.82, 2.24) is 4.98 Å². The molecule has 19 heavy (non-hydrogen) atoms. The average Bonchev–Trinajstić information content (AvgIpc) is 2.38. The van der Waals surface area contributed by atoms with Crippen molar-refractivity contribution in [3.05, 3.63) is 50.7 Å². The predicted octanol–water partition coefficient (Wildman–Crippen LogP) is 3.99.